The van der Waals surface area contributed by atoms with Crippen LogP contribution in [0, 0.1) is 5.92 Å². The molecule has 0 atom stereocenters. The first-order chi connectivity index (χ1) is 10.0. The zero-order valence-electron chi connectivity index (χ0n) is 11.5. The lowest BCUT2D eigenvalue weighted by Gasteiger charge is -2.35. The molecular formula is C15H16BrClN2O2. The van der Waals surface area contributed by atoms with Gasteiger partial charge >= 0.3 is 0 Å². The van der Waals surface area contributed by atoms with Crippen LogP contribution in [0.4, 0.5) is 0 Å². The van der Waals surface area contributed by atoms with E-state index in [-0.39, 0.29) is 17.7 Å². The van der Waals surface area contributed by atoms with Gasteiger partial charge in [-0.1, -0.05) is 27.5 Å². The number of benzene rings is 1. The standard InChI is InChI=1S/C15H16BrClN2O2/c16-12-7-11(8-13(17)9-12)15(21)19-5-3-18(4-6-19)14(20)10-1-2-10/h7-10H,1-6H2. The maximum Gasteiger partial charge on any atom is 0.254 e. The van der Waals surface area contributed by atoms with Crippen molar-refractivity contribution in [2.24, 2.45) is 5.92 Å². The van der Waals surface area contributed by atoms with Crippen molar-refractivity contribution in [2.45, 2.75) is 12.8 Å². The molecule has 2 amide bonds. The molecule has 0 N–H and O–H groups in total. The largest absolute Gasteiger partial charge is 0.339 e. The summed E-state index contributed by atoms with van der Waals surface area (Å²) in [6.07, 6.45) is 2.04. The third-order valence-corrected chi connectivity index (χ3v) is 4.59. The monoisotopic (exact) mass is 370 g/mol. The number of hydrogen-bond donors (Lipinski definition) is 0. The Morgan fingerprint density at radius 1 is 1.05 bits per heavy atom. The van der Waals surface area contributed by atoms with Crippen molar-refractivity contribution in [3.8, 4) is 0 Å². The van der Waals surface area contributed by atoms with Gasteiger partial charge in [-0.25, -0.2) is 0 Å². The van der Waals surface area contributed by atoms with Crippen LogP contribution in [0.1, 0.15) is 23.2 Å². The number of amides is 2. The first kappa shape index (κ1) is 14.9. The molecule has 3 rings (SSSR count). The quantitative estimate of drug-likeness (QED) is 0.802. The van der Waals surface area contributed by atoms with Crippen molar-refractivity contribution >= 4 is 39.3 Å². The highest BCUT2D eigenvalue weighted by atomic mass is 79.9. The van der Waals surface area contributed by atoms with Gasteiger partial charge in [-0.2, -0.15) is 0 Å². The summed E-state index contributed by atoms with van der Waals surface area (Å²) >= 11 is 9.33. The van der Waals surface area contributed by atoms with Crippen LogP contribution in [0.15, 0.2) is 22.7 Å². The fourth-order valence-corrected chi connectivity index (χ4v) is 3.44. The molecule has 1 aromatic rings. The Morgan fingerprint density at radius 3 is 2.24 bits per heavy atom. The Bertz CT molecular complexity index is 561. The molecule has 21 heavy (non-hydrogen) atoms. The number of rotatable bonds is 2. The van der Waals surface area contributed by atoms with Gasteiger partial charge in [0.1, 0.15) is 0 Å². The first-order valence-corrected chi connectivity index (χ1v) is 8.26. The summed E-state index contributed by atoms with van der Waals surface area (Å²) in [5, 5.41) is 0.537. The predicted molar refractivity (Wildman–Crippen MR) is 84.4 cm³/mol. The average Bonchev–Trinajstić information content (AvgIpc) is 3.29. The minimum Gasteiger partial charge on any atom is -0.339 e. The third-order valence-electron chi connectivity index (χ3n) is 3.91. The number of carbonyl (C=O) groups excluding carboxylic acids is 2. The highest BCUT2D eigenvalue weighted by Crippen LogP contribution is 2.31. The van der Waals surface area contributed by atoms with E-state index in [9.17, 15) is 9.59 Å². The van der Waals surface area contributed by atoms with E-state index >= 15 is 0 Å². The Kier molecular flexibility index (Phi) is 4.22. The number of piperazine rings is 1. The SMILES string of the molecule is O=C(c1cc(Cl)cc(Br)c1)N1CCN(C(=O)C2CC2)CC1. The Morgan fingerprint density at radius 2 is 1.67 bits per heavy atom. The van der Waals surface area contributed by atoms with Gasteiger partial charge in [0, 0.05) is 47.2 Å². The molecule has 4 nitrogen and oxygen atoms in total. The van der Waals surface area contributed by atoms with Gasteiger partial charge in [-0.3, -0.25) is 9.59 Å². The number of hydrogen-bond acceptors (Lipinski definition) is 2. The summed E-state index contributed by atoms with van der Waals surface area (Å²) in [5.74, 6) is 0.473. The lowest BCUT2D eigenvalue weighted by molar-refractivity contribution is -0.134. The zero-order chi connectivity index (χ0) is 15.0. The van der Waals surface area contributed by atoms with Crippen molar-refractivity contribution in [3.63, 3.8) is 0 Å². The number of halogens is 2. The van der Waals surface area contributed by atoms with Crippen molar-refractivity contribution < 1.29 is 9.59 Å². The van der Waals surface area contributed by atoms with Crippen LogP contribution in [-0.2, 0) is 4.79 Å². The van der Waals surface area contributed by atoms with Crippen LogP contribution in [0.3, 0.4) is 0 Å². The minimum atomic E-state index is -0.0308. The molecule has 0 bridgehead atoms. The zero-order valence-corrected chi connectivity index (χ0v) is 13.9. The molecule has 0 radical (unpaired) electrons. The van der Waals surface area contributed by atoms with Gasteiger partial charge in [0.05, 0.1) is 0 Å². The van der Waals surface area contributed by atoms with Crippen LogP contribution in [0.2, 0.25) is 5.02 Å². The summed E-state index contributed by atoms with van der Waals surface area (Å²) in [7, 11) is 0. The molecule has 1 aliphatic carbocycles. The molecular weight excluding hydrogens is 356 g/mol. The summed E-state index contributed by atoms with van der Waals surface area (Å²) in [6.45, 7) is 2.43. The number of nitrogens with zero attached hydrogens (tertiary/aromatic N) is 2. The van der Waals surface area contributed by atoms with Crippen molar-refractivity contribution in [3.05, 3.63) is 33.3 Å². The molecule has 1 heterocycles. The second-order valence-corrected chi connectivity index (χ2v) is 6.90. The Hall–Kier alpha value is -1.07. The second kappa shape index (κ2) is 5.97. The van der Waals surface area contributed by atoms with Gasteiger partial charge in [0.25, 0.3) is 5.91 Å². The lowest BCUT2D eigenvalue weighted by atomic mass is 10.1. The summed E-state index contributed by atoms with van der Waals surface area (Å²) in [4.78, 5) is 28.1. The summed E-state index contributed by atoms with van der Waals surface area (Å²) in [6, 6.07) is 5.21. The van der Waals surface area contributed by atoms with Gasteiger partial charge in [-0.15, -0.1) is 0 Å². The normalized spacial score (nSPS) is 18.8. The van der Waals surface area contributed by atoms with Crippen molar-refractivity contribution in [1.29, 1.82) is 0 Å². The van der Waals surface area contributed by atoms with E-state index in [1.165, 1.54) is 0 Å². The van der Waals surface area contributed by atoms with E-state index in [0.29, 0.717) is 36.8 Å². The second-order valence-electron chi connectivity index (χ2n) is 5.55. The maximum absolute atomic E-state index is 12.5. The molecule has 112 valence electrons. The van der Waals surface area contributed by atoms with E-state index < -0.39 is 0 Å². The molecule has 1 aliphatic heterocycles. The molecule has 6 heteroatoms. The van der Waals surface area contributed by atoms with Crippen LogP contribution in [-0.4, -0.2) is 47.8 Å². The van der Waals surface area contributed by atoms with Crippen LogP contribution in [0.25, 0.3) is 0 Å². The van der Waals surface area contributed by atoms with E-state index in [4.69, 9.17) is 11.6 Å². The summed E-state index contributed by atoms with van der Waals surface area (Å²) in [5.41, 5.74) is 0.580. The molecule has 0 unspecified atom stereocenters. The highest BCUT2D eigenvalue weighted by molar-refractivity contribution is 9.10. The third kappa shape index (κ3) is 3.40. The van der Waals surface area contributed by atoms with Crippen LogP contribution >= 0.6 is 27.5 Å². The molecule has 0 aromatic heterocycles. The summed E-state index contributed by atoms with van der Waals surface area (Å²) < 4.78 is 0.792. The molecule has 1 aromatic carbocycles. The highest BCUT2D eigenvalue weighted by Gasteiger charge is 2.35. The molecule has 1 saturated heterocycles. The van der Waals surface area contributed by atoms with E-state index in [1.54, 1.807) is 23.1 Å². The maximum atomic E-state index is 12.5. The van der Waals surface area contributed by atoms with Gasteiger partial charge in [-0.05, 0) is 31.0 Å². The van der Waals surface area contributed by atoms with E-state index in [0.717, 1.165) is 17.3 Å². The van der Waals surface area contributed by atoms with Crippen LogP contribution < -0.4 is 0 Å². The molecule has 1 saturated carbocycles. The molecule has 2 aliphatic rings. The topological polar surface area (TPSA) is 40.6 Å². The van der Waals surface area contributed by atoms with Gasteiger partial charge in [0.15, 0.2) is 0 Å². The lowest BCUT2D eigenvalue weighted by Crippen LogP contribution is -2.51. The predicted octanol–water partition coefficient (Wildman–Crippen LogP) is 2.80. The van der Waals surface area contributed by atoms with Crippen molar-refractivity contribution in [2.75, 3.05) is 26.2 Å². The van der Waals surface area contributed by atoms with Gasteiger partial charge in [0.2, 0.25) is 5.91 Å². The van der Waals surface area contributed by atoms with Crippen molar-refractivity contribution in [1.82, 2.24) is 9.80 Å². The number of carbonyl (C=O) groups is 2. The average molecular weight is 372 g/mol. The smallest absolute Gasteiger partial charge is 0.254 e. The Balaban J connectivity index is 1.63. The van der Waals surface area contributed by atoms with E-state index in [1.807, 2.05) is 4.90 Å². The van der Waals surface area contributed by atoms with E-state index in [2.05, 4.69) is 15.9 Å². The fraction of sp³-hybridized carbons (Fsp3) is 0.467. The molecule has 2 fully saturated rings. The molecule has 0 spiro atoms. The van der Waals surface area contributed by atoms with Gasteiger partial charge < -0.3 is 9.80 Å². The Labute approximate surface area is 137 Å². The first-order valence-electron chi connectivity index (χ1n) is 7.09. The fourth-order valence-electron chi connectivity index (χ4n) is 2.58. The minimum absolute atomic E-state index is 0.0308. The van der Waals surface area contributed by atoms with Crippen LogP contribution in [0.5, 0.6) is 0 Å².